The zero-order valence-electron chi connectivity index (χ0n) is 14.0. The normalized spacial score (nSPS) is 21.2. The zero-order chi connectivity index (χ0) is 16.8. The molecule has 0 unspecified atom stereocenters. The molecule has 0 bridgehead atoms. The molecule has 1 aliphatic carbocycles. The number of hydrogen-bond acceptors (Lipinski definition) is 3. The molecule has 3 rings (SSSR count). The molecular weight excluding hydrogens is 320 g/mol. The molecule has 24 heavy (non-hydrogen) atoms. The lowest BCUT2D eigenvalue weighted by Crippen LogP contribution is -2.13. The first kappa shape index (κ1) is 17.1. The van der Waals surface area contributed by atoms with Gasteiger partial charge in [0.25, 0.3) is 0 Å². The number of nitrogens with zero attached hydrogens (tertiary/aromatic N) is 2. The molecule has 0 aliphatic heterocycles. The number of aromatic nitrogens is 2. The van der Waals surface area contributed by atoms with Gasteiger partial charge in [-0.3, -0.25) is 0 Å². The van der Waals surface area contributed by atoms with Crippen molar-refractivity contribution in [1.29, 1.82) is 0 Å². The quantitative estimate of drug-likeness (QED) is 0.738. The number of ether oxygens (including phenoxy) is 1. The van der Waals surface area contributed by atoms with Crippen LogP contribution in [0.2, 0.25) is 0 Å². The molecule has 3 nitrogen and oxygen atoms in total. The SMILES string of the molecule is COCc1ccc(-c2cnc(C3CCC(C=CCl)CC3)nc2)cc1. The molecule has 4 heteroatoms. The molecule has 126 valence electrons. The molecule has 1 aromatic heterocycles. The van der Waals surface area contributed by atoms with Gasteiger partial charge in [-0.1, -0.05) is 41.9 Å². The van der Waals surface area contributed by atoms with Crippen LogP contribution >= 0.6 is 11.6 Å². The second kappa shape index (κ2) is 8.41. The Morgan fingerprint density at radius 2 is 1.71 bits per heavy atom. The Balaban J connectivity index is 1.65. The van der Waals surface area contributed by atoms with Crippen LogP contribution in [0.5, 0.6) is 0 Å². The van der Waals surface area contributed by atoms with Gasteiger partial charge in [-0.05, 0) is 42.7 Å². The lowest BCUT2D eigenvalue weighted by Gasteiger charge is -2.25. The summed E-state index contributed by atoms with van der Waals surface area (Å²) in [6.07, 6.45) is 10.6. The van der Waals surface area contributed by atoms with Crippen LogP contribution in [-0.2, 0) is 11.3 Å². The average molecular weight is 343 g/mol. The van der Waals surface area contributed by atoms with Crippen LogP contribution in [0, 0.1) is 5.92 Å². The van der Waals surface area contributed by atoms with Gasteiger partial charge in [-0.15, -0.1) is 0 Å². The Labute approximate surface area is 148 Å². The topological polar surface area (TPSA) is 35.0 Å². The highest BCUT2D eigenvalue weighted by Crippen LogP contribution is 2.35. The van der Waals surface area contributed by atoms with Gasteiger partial charge in [0.15, 0.2) is 0 Å². The van der Waals surface area contributed by atoms with E-state index in [1.54, 1.807) is 12.6 Å². The molecular formula is C20H23ClN2O. The predicted molar refractivity (Wildman–Crippen MR) is 97.9 cm³/mol. The number of benzene rings is 1. The summed E-state index contributed by atoms with van der Waals surface area (Å²) in [4.78, 5) is 9.26. The fourth-order valence-corrected chi connectivity index (χ4v) is 3.54. The molecule has 0 spiro atoms. The van der Waals surface area contributed by atoms with Crippen LogP contribution in [0.3, 0.4) is 0 Å². The first-order valence-electron chi connectivity index (χ1n) is 8.47. The van der Waals surface area contributed by atoms with E-state index in [2.05, 4.69) is 40.3 Å². The van der Waals surface area contributed by atoms with Crippen molar-refractivity contribution in [1.82, 2.24) is 9.97 Å². The maximum atomic E-state index is 5.68. The van der Waals surface area contributed by atoms with E-state index in [9.17, 15) is 0 Å². The smallest absolute Gasteiger partial charge is 0.131 e. The van der Waals surface area contributed by atoms with Gasteiger partial charge in [0.2, 0.25) is 0 Å². The molecule has 2 aromatic rings. The van der Waals surface area contributed by atoms with Gasteiger partial charge in [0.1, 0.15) is 5.82 Å². The minimum Gasteiger partial charge on any atom is -0.380 e. The van der Waals surface area contributed by atoms with Crippen LogP contribution < -0.4 is 0 Å². The fraction of sp³-hybridized carbons (Fsp3) is 0.400. The van der Waals surface area contributed by atoms with Crippen LogP contribution in [0.25, 0.3) is 11.1 Å². The van der Waals surface area contributed by atoms with Crippen molar-refractivity contribution in [2.45, 2.75) is 38.2 Å². The molecule has 0 radical (unpaired) electrons. The van der Waals surface area contributed by atoms with Crippen LogP contribution in [0.15, 0.2) is 48.3 Å². The van der Waals surface area contributed by atoms with Crippen LogP contribution in [0.1, 0.15) is 43.0 Å². The Kier molecular flexibility index (Phi) is 6.00. The third-order valence-electron chi connectivity index (χ3n) is 4.75. The van der Waals surface area contributed by atoms with E-state index < -0.39 is 0 Å². The minimum atomic E-state index is 0.475. The molecule has 1 saturated carbocycles. The van der Waals surface area contributed by atoms with E-state index in [1.807, 2.05) is 12.4 Å². The van der Waals surface area contributed by atoms with Gasteiger partial charge in [0, 0.05) is 36.5 Å². The monoisotopic (exact) mass is 342 g/mol. The molecule has 1 aromatic carbocycles. The number of rotatable bonds is 5. The number of halogens is 1. The van der Waals surface area contributed by atoms with Crippen LogP contribution in [-0.4, -0.2) is 17.1 Å². The lowest BCUT2D eigenvalue weighted by molar-refractivity contribution is 0.185. The largest absolute Gasteiger partial charge is 0.380 e. The van der Waals surface area contributed by atoms with Crippen molar-refractivity contribution in [2.75, 3.05) is 7.11 Å². The fourth-order valence-electron chi connectivity index (χ4n) is 3.33. The Morgan fingerprint density at radius 3 is 2.29 bits per heavy atom. The summed E-state index contributed by atoms with van der Waals surface area (Å²) < 4.78 is 5.14. The van der Waals surface area contributed by atoms with Crippen molar-refractivity contribution in [3.63, 3.8) is 0 Å². The van der Waals surface area contributed by atoms with Crippen molar-refractivity contribution in [2.24, 2.45) is 5.92 Å². The summed E-state index contributed by atoms with van der Waals surface area (Å²) in [6, 6.07) is 8.35. The van der Waals surface area contributed by atoms with Gasteiger partial charge in [-0.25, -0.2) is 9.97 Å². The van der Waals surface area contributed by atoms with Gasteiger partial charge >= 0.3 is 0 Å². The third kappa shape index (κ3) is 4.22. The maximum Gasteiger partial charge on any atom is 0.131 e. The molecule has 1 fully saturated rings. The number of methoxy groups -OCH3 is 1. The summed E-state index contributed by atoms with van der Waals surface area (Å²) in [5.74, 6) is 2.06. The minimum absolute atomic E-state index is 0.475. The Hall–Kier alpha value is -1.71. The number of allylic oxidation sites excluding steroid dienone is 1. The average Bonchev–Trinajstić information content (AvgIpc) is 2.64. The Morgan fingerprint density at radius 1 is 1.04 bits per heavy atom. The summed E-state index contributed by atoms with van der Waals surface area (Å²) >= 11 is 5.68. The van der Waals surface area contributed by atoms with E-state index in [0.29, 0.717) is 18.4 Å². The van der Waals surface area contributed by atoms with Crippen molar-refractivity contribution in [3.8, 4) is 11.1 Å². The van der Waals surface area contributed by atoms with E-state index in [1.165, 1.54) is 18.4 Å². The lowest BCUT2D eigenvalue weighted by atomic mass is 9.81. The molecule has 0 amide bonds. The highest BCUT2D eigenvalue weighted by molar-refractivity contribution is 6.25. The highest BCUT2D eigenvalue weighted by atomic mass is 35.5. The zero-order valence-corrected chi connectivity index (χ0v) is 14.7. The van der Waals surface area contributed by atoms with E-state index in [4.69, 9.17) is 16.3 Å². The maximum absolute atomic E-state index is 5.68. The summed E-state index contributed by atoms with van der Waals surface area (Å²) in [7, 11) is 1.71. The van der Waals surface area contributed by atoms with Crippen LogP contribution in [0.4, 0.5) is 0 Å². The van der Waals surface area contributed by atoms with Crippen molar-refractivity contribution in [3.05, 3.63) is 59.7 Å². The second-order valence-corrected chi connectivity index (χ2v) is 6.64. The number of hydrogen-bond donors (Lipinski definition) is 0. The van der Waals surface area contributed by atoms with Crippen molar-refractivity contribution >= 4 is 11.6 Å². The predicted octanol–water partition coefficient (Wildman–Crippen LogP) is 5.32. The molecule has 0 saturated heterocycles. The molecule has 1 aliphatic rings. The first-order valence-corrected chi connectivity index (χ1v) is 8.91. The third-order valence-corrected chi connectivity index (χ3v) is 4.90. The molecule has 1 heterocycles. The standard InChI is InChI=1S/C20H23ClN2O/c1-24-14-16-4-6-17(7-5-16)19-12-22-20(23-13-19)18-8-2-15(3-9-18)10-11-21/h4-7,10-13,15,18H,2-3,8-9,14H2,1H3. The first-order chi connectivity index (χ1) is 11.8. The van der Waals surface area contributed by atoms with Gasteiger partial charge < -0.3 is 4.74 Å². The van der Waals surface area contributed by atoms with E-state index in [-0.39, 0.29) is 0 Å². The van der Waals surface area contributed by atoms with Gasteiger partial charge in [-0.2, -0.15) is 0 Å². The Bertz CT molecular complexity index is 659. The highest BCUT2D eigenvalue weighted by Gasteiger charge is 2.22. The van der Waals surface area contributed by atoms with Gasteiger partial charge in [0.05, 0.1) is 6.61 Å². The summed E-state index contributed by atoms with van der Waals surface area (Å²) in [5.41, 5.74) is 5.01. The van der Waals surface area contributed by atoms with Crippen molar-refractivity contribution < 1.29 is 4.74 Å². The summed E-state index contributed by atoms with van der Waals surface area (Å²) in [6.45, 7) is 0.636. The second-order valence-electron chi connectivity index (χ2n) is 6.39. The molecule has 0 atom stereocenters. The van der Waals surface area contributed by atoms with E-state index in [0.717, 1.165) is 29.8 Å². The van der Waals surface area contributed by atoms with E-state index >= 15 is 0 Å². The summed E-state index contributed by atoms with van der Waals surface area (Å²) in [5, 5.41) is 0. The molecule has 0 N–H and O–H groups in total.